The molecule has 1 aliphatic rings. The zero-order chi connectivity index (χ0) is 29.4. The maximum atomic E-state index is 12.7. The minimum atomic E-state index is -0.969. The van der Waals surface area contributed by atoms with Gasteiger partial charge in [-0.15, -0.1) is 11.3 Å². The van der Waals surface area contributed by atoms with Gasteiger partial charge in [-0.25, -0.2) is 10.2 Å². The van der Waals surface area contributed by atoms with Crippen LogP contribution < -0.4 is 20.2 Å². The molecule has 1 aromatic heterocycles. The third-order valence-corrected chi connectivity index (χ3v) is 8.23. The molecule has 41 heavy (non-hydrogen) atoms. The van der Waals surface area contributed by atoms with Crippen LogP contribution in [-0.4, -0.2) is 37.7 Å². The molecule has 0 spiro atoms. The zero-order valence-electron chi connectivity index (χ0n) is 23.2. The average Bonchev–Trinajstić information content (AvgIpc) is 3.12. The molecule has 216 valence electrons. The summed E-state index contributed by atoms with van der Waals surface area (Å²) in [6, 6.07) is 11.5. The molecule has 4 rings (SSSR count). The van der Waals surface area contributed by atoms with E-state index in [2.05, 4.69) is 31.8 Å². The first-order chi connectivity index (χ1) is 19.8. The number of aryl methyl sites for hydroxylation is 2. The maximum Gasteiger partial charge on any atom is 0.341 e. The summed E-state index contributed by atoms with van der Waals surface area (Å²) in [5.41, 5.74) is 6.26. The highest BCUT2D eigenvalue weighted by atomic mass is 79.9. The van der Waals surface area contributed by atoms with Crippen molar-refractivity contribution in [2.24, 2.45) is 5.10 Å². The number of nitrogens with zero attached hydrogens (tertiary/aromatic N) is 1. The molecular weight excluding hydrogens is 610 g/mol. The Hall–Kier alpha value is -3.70. The summed E-state index contributed by atoms with van der Waals surface area (Å²) < 4.78 is 17.4. The maximum absolute atomic E-state index is 12.7. The van der Waals surface area contributed by atoms with E-state index in [0.29, 0.717) is 38.7 Å². The molecule has 0 radical (unpaired) electrons. The fourth-order valence-corrected chi connectivity index (χ4v) is 6.38. The van der Waals surface area contributed by atoms with Crippen molar-refractivity contribution in [3.63, 3.8) is 0 Å². The second-order valence-corrected chi connectivity index (χ2v) is 11.4. The molecular formula is C30H32BrN3O6S. The molecule has 3 aromatic rings. The number of hydrazone groups is 1. The molecule has 0 aliphatic heterocycles. The standard InChI is InChI=1S/C30H32BrN3O6S/c1-4-39-30(37)25-21-11-6-5-7-12-24(21)41-29(25)33-27(35)28(36)34-32-16-20-14-22(31)26(23(15-20)38-3)40-17-19-10-8-9-18(2)13-19/h8-10,13-16H,4-7,11-12,17H2,1-3H3,(H,33,35)(H,34,36). The number of carbonyl (C=O) groups excluding carboxylic acids is 3. The lowest BCUT2D eigenvalue weighted by Gasteiger charge is -2.14. The molecule has 0 unspecified atom stereocenters. The number of benzene rings is 2. The third-order valence-electron chi connectivity index (χ3n) is 6.43. The van der Waals surface area contributed by atoms with E-state index >= 15 is 0 Å². The minimum absolute atomic E-state index is 0.215. The molecule has 0 bridgehead atoms. The van der Waals surface area contributed by atoms with E-state index in [0.717, 1.165) is 53.7 Å². The largest absolute Gasteiger partial charge is 0.493 e. The number of fused-ring (bicyclic) bond motifs is 1. The molecule has 1 aliphatic carbocycles. The normalized spacial score (nSPS) is 12.8. The SMILES string of the molecule is CCOC(=O)c1c(NC(=O)C(=O)NN=Cc2cc(Br)c(OCc3cccc(C)c3)c(OC)c2)sc2c1CCCCC2. The number of amides is 2. The molecule has 2 N–H and O–H groups in total. The molecule has 0 saturated heterocycles. The topological polar surface area (TPSA) is 115 Å². The molecule has 0 fully saturated rings. The van der Waals surface area contributed by atoms with Gasteiger partial charge in [0.1, 0.15) is 11.6 Å². The summed E-state index contributed by atoms with van der Waals surface area (Å²) in [5, 5.41) is 6.85. The van der Waals surface area contributed by atoms with Gasteiger partial charge in [-0.3, -0.25) is 9.59 Å². The van der Waals surface area contributed by atoms with Crippen LogP contribution in [-0.2, 0) is 33.8 Å². The van der Waals surface area contributed by atoms with E-state index in [9.17, 15) is 14.4 Å². The van der Waals surface area contributed by atoms with Crippen molar-refractivity contribution in [3.05, 3.63) is 73.6 Å². The fourth-order valence-electron chi connectivity index (χ4n) is 4.54. The van der Waals surface area contributed by atoms with Crippen molar-refractivity contribution in [2.75, 3.05) is 19.0 Å². The number of hydrogen-bond acceptors (Lipinski definition) is 8. The van der Waals surface area contributed by atoms with Crippen molar-refractivity contribution in [1.82, 2.24) is 5.43 Å². The van der Waals surface area contributed by atoms with Crippen molar-refractivity contribution in [1.29, 1.82) is 0 Å². The van der Waals surface area contributed by atoms with E-state index in [1.807, 2.05) is 31.2 Å². The van der Waals surface area contributed by atoms with E-state index in [1.165, 1.54) is 24.7 Å². The monoisotopic (exact) mass is 641 g/mol. The molecule has 0 atom stereocenters. The Labute approximate surface area is 251 Å². The Kier molecular flexibility index (Phi) is 10.5. The number of carbonyl (C=O) groups is 3. The quantitative estimate of drug-likeness (QED) is 0.0982. The van der Waals surface area contributed by atoms with E-state index in [1.54, 1.807) is 19.1 Å². The number of nitrogens with one attached hydrogen (secondary N) is 2. The fraction of sp³-hybridized carbons (Fsp3) is 0.333. The number of esters is 1. The van der Waals surface area contributed by atoms with Crippen LogP contribution in [0.5, 0.6) is 11.5 Å². The van der Waals surface area contributed by atoms with Crippen LogP contribution >= 0.6 is 27.3 Å². The Morgan fingerprint density at radius 1 is 1.10 bits per heavy atom. The lowest BCUT2D eigenvalue weighted by Crippen LogP contribution is -2.32. The number of rotatable bonds is 9. The van der Waals surface area contributed by atoms with Crippen molar-refractivity contribution in [2.45, 2.75) is 52.6 Å². The van der Waals surface area contributed by atoms with Crippen LogP contribution in [0.3, 0.4) is 0 Å². The van der Waals surface area contributed by atoms with Crippen LogP contribution in [0.25, 0.3) is 0 Å². The van der Waals surface area contributed by atoms with E-state index < -0.39 is 17.8 Å². The van der Waals surface area contributed by atoms with Gasteiger partial charge in [0.05, 0.1) is 30.0 Å². The number of methoxy groups -OCH3 is 1. The van der Waals surface area contributed by atoms with Crippen molar-refractivity contribution in [3.8, 4) is 11.5 Å². The molecule has 0 saturated carbocycles. The van der Waals surface area contributed by atoms with E-state index in [-0.39, 0.29) is 6.61 Å². The van der Waals surface area contributed by atoms with Gasteiger partial charge in [0.2, 0.25) is 0 Å². The number of thiophene rings is 1. The highest BCUT2D eigenvalue weighted by Gasteiger charge is 2.28. The second-order valence-electron chi connectivity index (χ2n) is 9.45. The predicted molar refractivity (Wildman–Crippen MR) is 162 cm³/mol. The predicted octanol–water partition coefficient (Wildman–Crippen LogP) is 5.94. The molecule has 11 heteroatoms. The summed E-state index contributed by atoms with van der Waals surface area (Å²) in [5.74, 6) is -1.39. The van der Waals surface area contributed by atoms with Gasteiger partial charge >= 0.3 is 17.8 Å². The number of halogens is 1. The van der Waals surface area contributed by atoms with Crippen LogP contribution in [0, 0.1) is 6.92 Å². The molecule has 9 nitrogen and oxygen atoms in total. The van der Waals surface area contributed by atoms with Gasteiger partial charge in [0.15, 0.2) is 11.5 Å². The Morgan fingerprint density at radius 2 is 1.90 bits per heavy atom. The van der Waals surface area contributed by atoms with Crippen LogP contribution in [0.4, 0.5) is 5.00 Å². The first kappa shape index (κ1) is 30.3. The summed E-state index contributed by atoms with van der Waals surface area (Å²) in [6.45, 7) is 4.33. The van der Waals surface area contributed by atoms with Gasteiger partial charge in [0, 0.05) is 4.88 Å². The Bertz CT molecular complexity index is 1470. The lowest BCUT2D eigenvalue weighted by molar-refractivity contribution is -0.136. The Balaban J connectivity index is 1.41. The van der Waals surface area contributed by atoms with Crippen molar-refractivity contribution < 1.29 is 28.6 Å². The summed E-state index contributed by atoms with van der Waals surface area (Å²) in [6.07, 6.45) is 6.00. The van der Waals surface area contributed by atoms with Crippen molar-refractivity contribution >= 4 is 56.3 Å². The van der Waals surface area contributed by atoms with Gasteiger partial charge in [-0.2, -0.15) is 5.10 Å². The summed E-state index contributed by atoms with van der Waals surface area (Å²) >= 11 is 4.84. The average molecular weight is 643 g/mol. The first-order valence-electron chi connectivity index (χ1n) is 13.3. The number of anilines is 1. The Morgan fingerprint density at radius 3 is 2.66 bits per heavy atom. The van der Waals surface area contributed by atoms with Gasteiger partial charge in [-0.1, -0.05) is 36.2 Å². The molecule has 1 heterocycles. The summed E-state index contributed by atoms with van der Waals surface area (Å²) in [7, 11) is 1.53. The number of hydrogen-bond donors (Lipinski definition) is 2. The highest BCUT2D eigenvalue weighted by Crippen LogP contribution is 2.38. The van der Waals surface area contributed by atoms with Gasteiger partial charge < -0.3 is 19.5 Å². The number of ether oxygens (including phenoxy) is 3. The van der Waals surface area contributed by atoms with Crippen LogP contribution in [0.1, 0.15) is 63.7 Å². The molecule has 2 aromatic carbocycles. The first-order valence-corrected chi connectivity index (χ1v) is 14.9. The van der Waals surface area contributed by atoms with Crippen LogP contribution in [0.2, 0.25) is 0 Å². The summed E-state index contributed by atoms with van der Waals surface area (Å²) in [4.78, 5) is 39.0. The zero-order valence-corrected chi connectivity index (χ0v) is 25.6. The minimum Gasteiger partial charge on any atom is -0.493 e. The smallest absolute Gasteiger partial charge is 0.341 e. The second kappa shape index (κ2) is 14.3. The highest BCUT2D eigenvalue weighted by molar-refractivity contribution is 9.10. The van der Waals surface area contributed by atoms with E-state index in [4.69, 9.17) is 14.2 Å². The van der Waals surface area contributed by atoms with Gasteiger partial charge in [0.25, 0.3) is 0 Å². The van der Waals surface area contributed by atoms with Crippen LogP contribution in [0.15, 0.2) is 46.0 Å². The molecule has 2 amide bonds. The van der Waals surface area contributed by atoms with Gasteiger partial charge in [-0.05, 0) is 84.3 Å². The lowest BCUT2D eigenvalue weighted by atomic mass is 10.1. The third kappa shape index (κ3) is 7.74.